The van der Waals surface area contributed by atoms with Crippen LogP contribution in [0.2, 0.25) is 5.02 Å². The highest BCUT2D eigenvalue weighted by Crippen LogP contribution is 2.25. The molecular formula is C18H20ClFN2O4. The van der Waals surface area contributed by atoms with Crippen molar-refractivity contribution in [3.05, 3.63) is 51.6 Å². The van der Waals surface area contributed by atoms with Crippen LogP contribution in [0, 0.1) is 19.7 Å². The van der Waals surface area contributed by atoms with E-state index in [0.29, 0.717) is 16.8 Å². The number of aliphatic hydroxyl groups is 1. The lowest BCUT2D eigenvalue weighted by atomic mass is 10.1. The summed E-state index contributed by atoms with van der Waals surface area (Å²) in [6, 6.07) is 3.54. The van der Waals surface area contributed by atoms with Crippen LogP contribution in [0.5, 0.6) is 0 Å². The third-order valence-electron chi connectivity index (χ3n) is 3.96. The Morgan fingerprint density at radius 2 is 1.96 bits per heavy atom. The smallest absolute Gasteiger partial charge is 0.355 e. The molecule has 2 aromatic rings. The van der Waals surface area contributed by atoms with Gasteiger partial charge in [-0.15, -0.1) is 0 Å². The number of aromatic amines is 1. The summed E-state index contributed by atoms with van der Waals surface area (Å²) in [7, 11) is 0. The second kappa shape index (κ2) is 7.88. The van der Waals surface area contributed by atoms with Crippen molar-refractivity contribution < 1.29 is 23.8 Å². The summed E-state index contributed by atoms with van der Waals surface area (Å²) in [4.78, 5) is 27.4. The average Bonchev–Trinajstić information content (AvgIpc) is 2.84. The highest BCUT2D eigenvalue weighted by Gasteiger charge is 2.25. The minimum absolute atomic E-state index is 0.0364. The molecule has 0 fully saturated rings. The van der Waals surface area contributed by atoms with Gasteiger partial charge in [0.15, 0.2) is 6.10 Å². The molecule has 8 heteroatoms. The van der Waals surface area contributed by atoms with Crippen molar-refractivity contribution in [2.75, 3.05) is 5.32 Å². The highest BCUT2D eigenvalue weighted by atomic mass is 35.5. The van der Waals surface area contributed by atoms with Crippen molar-refractivity contribution in [2.24, 2.45) is 0 Å². The fourth-order valence-electron chi connectivity index (χ4n) is 2.69. The summed E-state index contributed by atoms with van der Waals surface area (Å²) in [5, 5.41) is 12.3. The molecule has 26 heavy (non-hydrogen) atoms. The summed E-state index contributed by atoms with van der Waals surface area (Å²) >= 11 is 5.86. The standard InChI is InChI=1S/C18H20ClFN2O4/c1-8-15(10(3)23)9(2)21-16(8)18(25)26-11(4)17(24)22-14-6-5-12(20)7-13(14)19/h5-7,10-11,21,23H,1-4H3,(H,22,24)/t10-,11+/m1/s1. The van der Waals surface area contributed by atoms with Crippen molar-refractivity contribution >= 4 is 29.2 Å². The minimum atomic E-state index is -1.11. The van der Waals surface area contributed by atoms with E-state index in [0.717, 1.165) is 12.1 Å². The van der Waals surface area contributed by atoms with Gasteiger partial charge >= 0.3 is 5.97 Å². The second-order valence-corrected chi connectivity index (χ2v) is 6.41. The topological polar surface area (TPSA) is 91.4 Å². The molecule has 0 saturated heterocycles. The van der Waals surface area contributed by atoms with Crippen LogP contribution in [0.15, 0.2) is 18.2 Å². The van der Waals surface area contributed by atoms with E-state index in [1.165, 1.54) is 13.0 Å². The van der Waals surface area contributed by atoms with E-state index in [9.17, 15) is 19.1 Å². The molecule has 0 saturated carbocycles. The Morgan fingerprint density at radius 1 is 1.31 bits per heavy atom. The number of aliphatic hydroxyl groups excluding tert-OH is 1. The number of aryl methyl sites for hydroxylation is 1. The molecule has 1 heterocycles. The van der Waals surface area contributed by atoms with Gasteiger partial charge in [-0.1, -0.05) is 11.6 Å². The van der Waals surface area contributed by atoms with Crippen LogP contribution in [-0.2, 0) is 9.53 Å². The van der Waals surface area contributed by atoms with Crippen molar-refractivity contribution in [2.45, 2.75) is 39.9 Å². The van der Waals surface area contributed by atoms with Crippen LogP contribution in [-0.4, -0.2) is 28.1 Å². The second-order valence-electron chi connectivity index (χ2n) is 6.00. The number of carbonyl (C=O) groups excluding carboxylic acids is 2. The largest absolute Gasteiger partial charge is 0.448 e. The van der Waals surface area contributed by atoms with Crippen molar-refractivity contribution in [1.29, 1.82) is 0 Å². The molecule has 140 valence electrons. The van der Waals surface area contributed by atoms with Crippen LogP contribution in [0.1, 0.15) is 47.3 Å². The zero-order chi connectivity index (χ0) is 19.6. The molecule has 0 bridgehead atoms. The maximum Gasteiger partial charge on any atom is 0.355 e. The Labute approximate surface area is 155 Å². The predicted molar refractivity (Wildman–Crippen MR) is 95.8 cm³/mol. The van der Waals surface area contributed by atoms with Crippen LogP contribution in [0.3, 0.4) is 0 Å². The average molecular weight is 383 g/mol. The van der Waals surface area contributed by atoms with E-state index in [-0.39, 0.29) is 16.4 Å². The number of ether oxygens (including phenoxy) is 1. The molecule has 1 aromatic carbocycles. The van der Waals surface area contributed by atoms with Gasteiger partial charge in [0.05, 0.1) is 16.8 Å². The van der Waals surface area contributed by atoms with Gasteiger partial charge in [0.1, 0.15) is 11.5 Å². The molecule has 0 spiro atoms. The van der Waals surface area contributed by atoms with Gasteiger partial charge in [-0.3, -0.25) is 4.79 Å². The summed E-state index contributed by atoms with van der Waals surface area (Å²) in [5.74, 6) is -1.85. The number of H-pyrrole nitrogens is 1. The van der Waals surface area contributed by atoms with Gasteiger partial charge in [0, 0.05) is 11.3 Å². The van der Waals surface area contributed by atoms with Gasteiger partial charge < -0.3 is 20.1 Å². The third kappa shape index (κ3) is 4.23. The lowest BCUT2D eigenvalue weighted by molar-refractivity contribution is -0.123. The van der Waals surface area contributed by atoms with E-state index >= 15 is 0 Å². The number of aromatic nitrogens is 1. The first kappa shape index (κ1) is 19.9. The molecule has 6 nitrogen and oxygen atoms in total. The fourth-order valence-corrected chi connectivity index (χ4v) is 2.91. The van der Waals surface area contributed by atoms with E-state index in [1.807, 2.05) is 0 Å². The van der Waals surface area contributed by atoms with E-state index in [2.05, 4.69) is 10.3 Å². The zero-order valence-corrected chi connectivity index (χ0v) is 15.6. The SMILES string of the molecule is Cc1[nH]c(C(=O)O[C@@H](C)C(=O)Nc2ccc(F)cc2Cl)c(C)c1[C@@H](C)O. The number of nitrogens with one attached hydrogen (secondary N) is 2. The van der Waals surface area contributed by atoms with E-state index in [1.54, 1.807) is 20.8 Å². The normalized spacial score (nSPS) is 13.2. The molecule has 0 unspecified atom stereocenters. The van der Waals surface area contributed by atoms with Crippen molar-refractivity contribution in [3.63, 3.8) is 0 Å². The molecule has 0 aliphatic carbocycles. The first-order valence-corrected chi connectivity index (χ1v) is 8.33. The number of esters is 1. The molecule has 2 rings (SSSR count). The van der Waals surface area contributed by atoms with Crippen LogP contribution >= 0.6 is 11.6 Å². The number of benzene rings is 1. The maximum atomic E-state index is 13.0. The lowest BCUT2D eigenvalue weighted by Crippen LogP contribution is -2.30. The van der Waals surface area contributed by atoms with Gasteiger partial charge in [0.25, 0.3) is 5.91 Å². The number of carbonyl (C=O) groups is 2. The monoisotopic (exact) mass is 382 g/mol. The van der Waals surface area contributed by atoms with Crippen LogP contribution in [0.4, 0.5) is 10.1 Å². The molecule has 0 radical (unpaired) electrons. The molecule has 3 N–H and O–H groups in total. The Morgan fingerprint density at radius 3 is 2.50 bits per heavy atom. The molecule has 0 aliphatic rings. The zero-order valence-electron chi connectivity index (χ0n) is 14.8. The number of hydrogen-bond acceptors (Lipinski definition) is 4. The number of halogens is 2. The van der Waals surface area contributed by atoms with Gasteiger partial charge in [-0.2, -0.15) is 0 Å². The van der Waals surface area contributed by atoms with Crippen molar-refractivity contribution in [3.8, 4) is 0 Å². The third-order valence-corrected chi connectivity index (χ3v) is 4.27. The molecule has 1 amide bonds. The number of amides is 1. The van der Waals surface area contributed by atoms with Gasteiger partial charge in [0.2, 0.25) is 0 Å². The van der Waals surface area contributed by atoms with Gasteiger partial charge in [-0.05, 0) is 51.5 Å². The maximum absolute atomic E-state index is 13.0. The van der Waals surface area contributed by atoms with Crippen molar-refractivity contribution in [1.82, 2.24) is 4.98 Å². The number of anilines is 1. The Hall–Kier alpha value is -2.38. The van der Waals surface area contributed by atoms with Crippen LogP contribution < -0.4 is 5.32 Å². The highest BCUT2D eigenvalue weighted by molar-refractivity contribution is 6.33. The predicted octanol–water partition coefficient (Wildman–Crippen LogP) is 3.66. The first-order valence-electron chi connectivity index (χ1n) is 7.95. The number of rotatable bonds is 5. The summed E-state index contributed by atoms with van der Waals surface area (Å²) in [6.07, 6.45) is -1.85. The van der Waals surface area contributed by atoms with E-state index < -0.39 is 29.9 Å². The first-order chi connectivity index (χ1) is 12.1. The van der Waals surface area contributed by atoms with E-state index in [4.69, 9.17) is 16.3 Å². The van der Waals surface area contributed by atoms with Gasteiger partial charge in [-0.25, -0.2) is 9.18 Å². The fraction of sp³-hybridized carbons (Fsp3) is 0.333. The molecule has 0 aliphatic heterocycles. The number of hydrogen-bond donors (Lipinski definition) is 3. The Balaban J connectivity index is 2.09. The minimum Gasteiger partial charge on any atom is -0.448 e. The molecular weight excluding hydrogens is 363 g/mol. The Kier molecular flexibility index (Phi) is 6.05. The summed E-state index contributed by atoms with van der Waals surface area (Å²) in [5.41, 5.74) is 2.23. The summed E-state index contributed by atoms with van der Waals surface area (Å²) in [6.45, 7) is 6.43. The molecule has 2 atom stereocenters. The lowest BCUT2D eigenvalue weighted by Gasteiger charge is -2.14. The summed E-state index contributed by atoms with van der Waals surface area (Å²) < 4.78 is 18.2. The Bertz CT molecular complexity index is 848. The van der Waals surface area contributed by atoms with Crippen LogP contribution in [0.25, 0.3) is 0 Å². The quantitative estimate of drug-likeness (QED) is 0.688. The molecule has 1 aromatic heterocycles.